The lowest BCUT2D eigenvalue weighted by Gasteiger charge is -2.35. The number of benzene rings is 1. The molecule has 1 aromatic rings. The highest BCUT2D eigenvalue weighted by atomic mass is 32.2. The smallest absolute Gasteiger partial charge is 0.336 e. The van der Waals surface area contributed by atoms with Gasteiger partial charge in [-0.05, 0) is 30.4 Å². The predicted octanol–water partition coefficient (Wildman–Crippen LogP) is 3.85. The van der Waals surface area contributed by atoms with Crippen LogP contribution in [0.15, 0.2) is 23.1 Å². The van der Waals surface area contributed by atoms with Crippen LogP contribution in [0.2, 0.25) is 0 Å². The van der Waals surface area contributed by atoms with Crippen molar-refractivity contribution in [3.63, 3.8) is 0 Å². The molecule has 4 heteroatoms. The number of anilines is 1. The summed E-state index contributed by atoms with van der Waals surface area (Å²) in [7, 11) is 0. The molecule has 0 unspecified atom stereocenters. The summed E-state index contributed by atoms with van der Waals surface area (Å²) >= 11 is 1.73. The third kappa shape index (κ3) is 2.46. The lowest BCUT2D eigenvalue weighted by Crippen LogP contribution is -2.33. The van der Waals surface area contributed by atoms with Gasteiger partial charge in [-0.15, -0.1) is 11.8 Å². The fourth-order valence-electron chi connectivity index (χ4n) is 3.18. The minimum atomic E-state index is -0.828. The number of rotatable bonds is 1. The number of carbonyl (C=O) groups is 1. The van der Waals surface area contributed by atoms with Crippen molar-refractivity contribution >= 4 is 23.4 Å². The normalized spacial score (nSPS) is 21.3. The minimum absolute atomic E-state index is 0.359. The van der Waals surface area contributed by atoms with Crippen LogP contribution in [0.25, 0.3) is 0 Å². The summed E-state index contributed by atoms with van der Waals surface area (Å²) in [6.45, 7) is 0.982. The molecule has 2 N–H and O–H groups in total. The van der Waals surface area contributed by atoms with Crippen molar-refractivity contribution in [3.8, 4) is 0 Å². The first-order valence-electron chi connectivity index (χ1n) is 6.93. The van der Waals surface area contributed by atoms with Gasteiger partial charge in [0.1, 0.15) is 0 Å². The van der Waals surface area contributed by atoms with Gasteiger partial charge >= 0.3 is 5.97 Å². The molecule has 2 aliphatic rings. The number of hydrogen-bond acceptors (Lipinski definition) is 3. The number of fused-ring (bicyclic) bond motifs is 1. The maximum Gasteiger partial charge on any atom is 0.336 e. The zero-order chi connectivity index (χ0) is 13.3. The van der Waals surface area contributed by atoms with Crippen molar-refractivity contribution in [2.24, 2.45) is 5.41 Å². The van der Waals surface area contributed by atoms with Gasteiger partial charge in [-0.1, -0.05) is 25.3 Å². The molecule has 0 saturated heterocycles. The third-order valence-electron chi connectivity index (χ3n) is 4.34. The summed E-state index contributed by atoms with van der Waals surface area (Å²) in [5, 5.41) is 12.8. The highest BCUT2D eigenvalue weighted by Gasteiger charge is 2.34. The van der Waals surface area contributed by atoms with Crippen LogP contribution in [0.3, 0.4) is 0 Å². The number of hydrogen-bond donors (Lipinski definition) is 2. The van der Waals surface area contributed by atoms with Gasteiger partial charge < -0.3 is 10.4 Å². The fourth-order valence-corrected chi connectivity index (χ4v) is 4.63. The lowest BCUT2D eigenvalue weighted by molar-refractivity contribution is 0.0693. The molecule has 0 amide bonds. The van der Waals surface area contributed by atoms with Crippen LogP contribution in [0.1, 0.15) is 42.5 Å². The van der Waals surface area contributed by atoms with Crippen LogP contribution in [0.5, 0.6) is 0 Å². The van der Waals surface area contributed by atoms with Crippen LogP contribution < -0.4 is 5.32 Å². The van der Waals surface area contributed by atoms with Crippen LogP contribution >= 0.6 is 11.8 Å². The number of carboxylic acids is 1. The molecule has 102 valence electrons. The summed E-state index contributed by atoms with van der Waals surface area (Å²) < 4.78 is 0. The van der Waals surface area contributed by atoms with Gasteiger partial charge in [-0.3, -0.25) is 0 Å². The minimum Gasteiger partial charge on any atom is -0.478 e. The van der Waals surface area contributed by atoms with Crippen molar-refractivity contribution in [2.75, 3.05) is 17.6 Å². The summed E-state index contributed by atoms with van der Waals surface area (Å²) in [6.07, 6.45) is 6.50. The average molecular weight is 277 g/mol. The van der Waals surface area contributed by atoms with Gasteiger partial charge in [0.25, 0.3) is 0 Å². The second-order valence-corrected chi connectivity index (χ2v) is 6.68. The van der Waals surface area contributed by atoms with Crippen molar-refractivity contribution in [3.05, 3.63) is 23.8 Å². The van der Waals surface area contributed by atoms with Crippen molar-refractivity contribution < 1.29 is 9.90 Å². The molecule has 0 bridgehead atoms. The molecule has 1 heterocycles. The molecule has 0 atom stereocenters. The third-order valence-corrected chi connectivity index (χ3v) is 5.82. The Balaban J connectivity index is 1.89. The zero-order valence-electron chi connectivity index (χ0n) is 10.9. The molecule has 1 fully saturated rings. The van der Waals surface area contributed by atoms with E-state index in [1.807, 2.05) is 12.1 Å². The Kier molecular flexibility index (Phi) is 3.44. The van der Waals surface area contributed by atoms with E-state index in [-0.39, 0.29) is 0 Å². The fraction of sp³-hybridized carbons (Fsp3) is 0.533. The molecule has 1 saturated carbocycles. The van der Waals surface area contributed by atoms with E-state index < -0.39 is 5.97 Å². The van der Waals surface area contributed by atoms with E-state index in [2.05, 4.69) is 5.32 Å². The second-order valence-electron chi connectivity index (χ2n) is 5.69. The SMILES string of the molecule is O=C(O)c1cccc2c1SCC1(CCCCC1)CN2. The maximum absolute atomic E-state index is 11.3. The lowest BCUT2D eigenvalue weighted by atomic mass is 9.75. The Morgan fingerprint density at radius 3 is 2.79 bits per heavy atom. The van der Waals surface area contributed by atoms with Crippen molar-refractivity contribution in [1.82, 2.24) is 0 Å². The van der Waals surface area contributed by atoms with E-state index in [0.717, 1.165) is 22.9 Å². The highest BCUT2D eigenvalue weighted by Crippen LogP contribution is 2.45. The Morgan fingerprint density at radius 1 is 1.26 bits per heavy atom. The molecule has 3 rings (SSSR count). The first-order chi connectivity index (χ1) is 9.20. The molecule has 1 spiro atoms. The highest BCUT2D eigenvalue weighted by molar-refractivity contribution is 7.99. The van der Waals surface area contributed by atoms with Crippen LogP contribution in [0, 0.1) is 5.41 Å². The van der Waals surface area contributed by atoms with E-state index in [1.165, 1.54) is 32.1 Å². The summed E-state index contributed by atoms with van der Waals surface area (Å²) in [4.78, 5) is 12.2. The first kappa shape index (κ1) is 12.9. The van der Waals surface area contributed by atoms with Gasteiger partial charge in [0.2, 0.25) is 0 Å². The molecular formula is C15H19NO2S. The molecule has 0 radical (unpaired) electrons. The van der Waals surface area contributed by atoms with Crippen LogP contribution in [-0.4, -0.2) is 23.4 Å². The van der Waals surface area contributed by atoms with Crippen LogP contribution in [-0.2, 0) is 0 Å². The molecule has 3 nitrogen and oxygen atoms in total. The topological polar surface area (TPSA) is 49.3 Å². The molecule has 19 heavy (non-hydrogen) atoms. The van der Waals surface area contributed by atoms with E-state index in [0.29, 0.717) is 11.0 Å². The first-order valence-corrected chi connectivity index (χ1v) is 7.92. The van der Waals surface area contributed by atoms with Crippen LogP contribution in [0.4, 0.5) is 5.69 Å². The average Bonchev–Trinajstić information content (AvgIpc) is 2.60. The standard InChI is InChI=1S/C15H19NO2S/c17-14(18)11-5-4-6-12-13(11)19-10-15(9-16-12)7-2-1-3-8-15/h4-6,16H,1-3,7-10H2,(H,17,18). The Labute approximate surface area is 117 Å². The summed E-state index contributed by atoms with van der Waals surface area (Å²) in [5.74, 6) is 0.211. The number of thioether (sulfide) groups is 1. The monoisotopic (exact) mass is 277 g/mol. The summed E-state index contributed by atoms with van der Waals surface area (Å²) in [6, 6.07) is 5.53. The van der Waals surface area contributed by atoms with Gasteiger partial charge in [0.05, 0.1) is 5.56 Å². The van der Waals surface area contributed by atoms with Crippen molar-refractivity contribution in [1.29, 1.82) is 0 Å². The van der Waals surface area contributed by atoms with Gasteiger partial charge in [0.15, 0.2) is 0 Å². The number of aromatic carboxylic acids is 1. The second kappa shape index (κ2) is 5.08. The van der Waals surface area contributed by atoms with Gasteiger partial charge in [0, 0.05) is 22.9 Å². The van der Waals surface area contributed by atoms with E-state index in [4.69, 9.17) is 0 Å². The molecular weight excluding hydrogens is 258 g/mol. The summed E-state index contributed by atoms with van der Waals surface area (Å²) in [5.41, 5.74) is 1.78. The van der Waals surface area contributed by atoms with E-state index in [1.54, 1.807) is 17.8 Å². The Bertz CT molecular complexity index is 495. The quantitative estimate of drug-likeness (QED) is 0.818. The molecule has 1 aliphatic carbocycles. The van der Waals surface area contributed by atoms with Gasteiger partial charge in [-0.2, -0.15) is 0 Å². The Hall–Kier alpha value is -1.16. The maximum atomic E-state index is 11.3. The predicted molar refractivity (Wildman–Crippen MR) is 78.1 cm³/mol. The van der Waals surface area contributed by atoms with E-state index >= 15 is 0 Å². The number of nitrogens with one attached hydrogen (secondary N) is 1. The van der Waals surface area contributed by atoms with Gasteiger partial charge in [-0.25, -0.2) is 4.79 Å². The largest absolute Gasteiger partial charge is 0.478 e. The molecule has 0 aromatic heterocycles. The molecule has 1 aliphatic heterocycles. The number of carboxylic acid groups (broad SMARTS) is 1. The Morgan fingerprint density at radius 2 is 2.05 bits per heavy atom. The van der Waals surface area contributed by atoms with Crippen molar-refractivity contribution in [2.45, 2.75) is 37.0 Å². The molecule has 1 aromatic carbocycles. The van der Waals surface area contributed by atoms with E-state index in [9.17, 15) is 9.90 Å². The zero-order valence-corrected chi connectivity index (χ0v) is 11.8.